The standard InChI is InChI=1S/C17H28N4O2S/c1-9(2)15-14(12(5)21-23-15)16(22)19-20-17(24)18-13-8-6-7-10(3)11(13)4/h9-11,13H,6-8H2,1-5H3,(H,19,22)(H2,18,20,24)/t10-,11+,13+/m1/s1. The van der Waals surface area contributed by atoms with Crippen molar-refractivity contribution in [2.24, 2.45) is 11.8 Å². The van der Waals surface area contributed by atoms with Crippen LogP contribution in [0.1, 0.15) is 74.7 Å². The number of carbonyl (C=O) groups excluding carboxylic acids is 1. The van der Waals surface area contributed by atoms with Gasteiger partial charge in [-0.1, -0.05) is 45.7 Å². The first-order valence-electron chi connectivity index (χ1n) is 8.64. The molecule has 0 aliphatic heterocycles. The predicted molar refractivity (Wildman–Crippen MR) is 97.6 cm³/mol. The Balaban J connectivity index is 1.90. The molecule has 0 aromatic carbocycles. The summed E-state index contributed by atoms with van der Waals surface area (Å²) in [6, 6.07) is 0.342. The van der Waals surface area contributed by atoms with Gasteiger partial charge in [-0.15, -0.1) is 0 Å². The van der Waals surface area contributed by atoms with Gasteiger partial charge in [-0.25, -0.2) is 0 Å². The summed E-state index contributed by atoms with van der Waals surface area (Å²) in [6.45, 7) is 10.2. The van der Waals surface area contributed by atoms with Crippen molar-refractivity contribution in [3.05, 3.63) is 17.0 Å². The summed E-state index contributed by atoms with van der Waals surface area (Å²) in [5.74, 6) is 1.62. The van der Waals surface area contributed by atoms with E-state index in [0.29, 0.717) is 40.0 Å². The number of hydrogen-bond donors (Lipinski definition) is 3. The molecule has 1 aliphatic carbocycles. The number of aryl methyl sites for hydroxylation is 1. The van der Waals surface area contributed by atoms with Crippen molar-refractivity contribution in [1.29, 1.82) is 0 Å². The summed E-state index contributed by atoms with van der Waals surface area (Å²) >= 11 is 5.32. The van der Waals surface area contributed by atoms with Gasteiger partial charge >= 0.3 is 0 Å². The zero-order valence-corrected chi connectivity index (χ0v) is 15.9. The smallest absolute Gasteiger partial charge is 0.275 e. The first kappa shape index (κ1) is 18.7. The highest BCUT2D eigenvalue weighted by Gasteiger charge is 2.27. The van der Waals surface area contributed by atoms with Gasteiger partial charge in [0.2, 0.25) is 0 Å². The SMILES string of the molecule is Cc1noc(C(C)C)c1C(=O)NNC(=S)N[C@H]1CCC[C@@H](C)[C@@H]1C. The molecule has 1 aromatic heterocycles. The van der Waals surface area contributed by atoms with E-state index in [1.807, 2.05) is 13.8 Å². The van der Waals surface area contributed by atoms with Crippen LogP contribution in [0.5, 0.6) is 0 Å². The molecule has 7 heteroatoms. The van der Waals surface area contributed by atoms with Gasteiger partial charge < -0.3 is 9.84 Å². The summed E-state index contributed by atoms with van der Waals surface area (Å²) < 4.78 is 5.25. The normalized spacial score (nSPS) is 23.8. The summed E-state index contributed by atoms with van der Waals surface area (Å²) in [5, 5.41) is 7.64. The highest BCUT2D eigenvalue weighted by molar-refractivity contribution is 7.80. The number of thiocarbonyl (C=S) groups is 1. The molecule has 1 saturated carbocycles. The minimum Gasteiger partial charge on any atom is -0.360 e. The maximum atomic E-state index is 12.4. The van der Waals surface area contributed by atoms with E-state index >= 15 is 0 Å². The molecule has 3 atom stereocenters. The number of amides is 1. The van der Waals surface area contributed by atoms with Crippen LogP contribution in [0.2, 0.25) is 0 Å². The van der Waals surface area contributed by atoms with E-state index in [2.05, 4.69) is 35.2 Å². The van der Waals surface area contributed by atoms with E-state index in [0.717, 1.165) is 6.42 Å². The maximum Gasteiger partial charge on any atom is 0.275 e. The van der Waals surface area contributed by atoms with Gasteiger partial charge in [0.25, 0.3) is 5.91 Å². The fourth-order valence-corrected chi connectivity index (χ4v) is 3.43. The summed E-state index contributed by atoms with van der Waals surface area (Å²) in [6.07, 6.45) is 3.57. The average molecular weight is 353 g/mol. The zero-order valence-electron chi connectivity index (χ0n) is 15.1. The largest absolute Gasteiger partial charge is 0.360 e. The minimum absolute atomic E-state index is 0.0848. The Labute approximate surface area is 149 Å². The fraction of sp³-hybridized carbons (Fsp3) is 0.706. The van der Waals surface area contributed by atoms with E-state index in [-0.39, 0.29) is 11.8 Å². The molecule has 0 unspecified atom stereocenters. The number of aromatic nitrogens is 1. The van der Waals surface area contributed by atoms with Gasteiger partial charge in [-0.3, -0.25) is 15.6 Å². The highest BCUT2D eigenvalue weighted by Crippen LogP contribution is 2.29. The van der Waals surface area contributed by atoms with E-state index in [9.17, 15) is 4.79 Å². The molecule has 1 amide bonds. The fourth-order valence-electron chi connectivity index (χ4n) is 3.22. The van der Waals surface area contributed by atoms with Gasteiger partial charge in [0.05, 0.1) is 5.69 Å². The van der Waals surface area contributed by atoms with Crippen LogP contribution < -0.4 is 16.2 Å². The third-order valence-electron chi connectivity index (χ3n) is 4.95. The summed E-state index contributed by atoms with van der Waals surface area (Å²) in [7, 11) is 0. The molecule has 6 nitrogen and oxygen atoms in total. The molecule has 3 N–H and O–H groups in total. The Bertz CT molecular complexity index is 599. The lowest BCUT2D eigenvalue weighted by Crippen LogP contribution is -2.52. The Morgan fingerprint density at radius 1 is 1.29 bits per heavy atom. The van der Waals surface area contributed by atoms with Gasteiger partial charge in [-0.05, 0) is 37.4 Å². The predicted octanol–water partition coefficient (Wildman–Crippen LogP) is 3.04. The van der Waals surface area contributed by atoms with Crippen molar-refractivity contribution < 1.29 is 9.32 Å². The lowest BCUT2D eigenvalue weighted by atomic mass is 9.78. The number of carbonyl (C=O) groups is 1. The number of hydrazine groups is 1. The quantitative estimate of drug-likeness (QED) is 0.573. The Hall–Kier alpha value is -1.63. The molecule has 24 heavy (non-hydrogen) atoms. The van der Waals surface area contributed by atoms with Crippen molar-refractivity contribution in [3.8, 4) is 0 Å². The van der Waals surface area contributed by atoms with Crippen molar-refractivity contribution in [2.45, 2.75) is 65.8 Å². The van der Waals surface area contributed by atoms with Crippen molar-refractivity contribution in [3.63, 3.8) is 0 Å². The van der Waals surface area contributed by atoms with Crippen LogP contribution in [-0.4, -0.2) is 22.2 Å². The van der Waals surface area contributed by atoms with Crippen molar-refractivity contribution in [2.75, 3.05) is 0 Å². The second-order valence-electron chi connectivity index (χ2n) is 7.09. The van der Waals surface area contributed by atoms with Crippen LogP contribution in [0, 0.1) is 18.8 Å². The van der Waals surface area contributed by atoms with Crippen molar-refractivity contribution in [1.82, 2.24) is 21.3 Å². The molecule has 0 bridgehead atoms. The third kappa shape index (κ3) is 4.26. The number of nitrogens with one attached hydrogen (secondary N) is 3. The molecule has 0 saturated heterocycles. The molecule has 1 heterocycles. The molecule has 0 spiro atoms. The molecule has 134 valence electrons. The third-order valence-corrected chi connectivity index (χ3v) is 5.17. The molecule has 2 rings (SSSR count). The Morgan fingerprint density at radius 2 is 2.00 bits per heavy atom. The van der Waals surface area contributed by atoms with E-state index in [4.69, 9.17) is 16.7 Å². The lowest BCUT2D eigenvalue weighted by molar-refractivity contribution is 0.0940. The molecular formula is C17H28N4O2S. The van der Waals surface area contributed by atoms with Crippen LogP contribution in [0.3, 0.4) is 0 Å². The van der Waals surface area contributed by atoms with Gasteiger partial charge in [0.1, 0.15) is 5.56 Å². The minimum atomic E-state index is -0.285. The van der Waals surface area contributed by atoms with Crippen LogP contribution >= 0.6 is 12.2 Å². The molecular weight excluding hydrogens is 324 g/mol. The maximum absolute atomic E-state index is 12.4. The van der Waals surface area contributed by atoms with Crippen molar-refractivity contribution >= 4 is 23.2 Å². The van der Waals surface area contributed by atoms with E-state index in [1.54, 1.807) is 6.92 Å². The van der Waals surface area contributed by atoms with Crippen LogP contribution in [0.4, 0.5) is 0 Å². The molecule has 1 fully saturated rings. The average Bonchev–Trinajstić information content (AvgIpc) is 2.91. The van der Waals surface area contributed by atoms with Crippen LogP contribution in [0.15, 0.2) is 4.52 Å². The first-order valence-corrected chi connectivity index (χ1v) is 9.05. The monoisotopic (exact) mass is 352 g/mol. The van der Waals surface area contributed by atoms with E-state index in [1.165, 1.54) is 12.8 Å². The van der Waals surface area contributed by atoms with Crippen LogP contribution in [0.25, 0.3) is 0 Å². The Morgan fingerprint density at radius 3 is 2.67 bits per heavy atom. The number of nitrogens with zero attached hydrogens (tertiary/aromatic N) is 1. The highest BCUT2D eigenvalue weighted by atomic mass is 32.1. The number of rotatable bonds is 3. The zero-order chi connectivity index (χ0) is 17.9. The summed E-state index contributed by atoms with van der Waals surface area (Å²) in [5.41, 5.74) is 6.49. The van der Waals surface area contributed by atoms with Gasteiger partial charge in [0, 0.05) is 12.0 Å². The summed E-state index contributed by atoms with van der Waals surface area (Å²) in [4.78, 5) is 12.4. The lowest BCUT2D eigenvalue weighted by Gasteiger charge is -2.35. The Kier molecular flexibility index (Phi) is 6.21. The topological polar surface area (TPSA) is 79.2 Å². The van der Waals surface area contributed by atoms with Gasteiger partial charge in [-0.2, -0.15) is 0 Å². The van der Waals surface area contributed by atoms with Gasteiger partial charge in [0.15, 0.2) is 10.9 Å². The van der Waals surface area contributed by atoms with Crippen LogP contribution in [-0.2, 0) is 0 Å². The second kappa shape index (κ2) is 7.96. The first-order chi connectivity index (χ1) is 11.3. The number of hydrogen-bond acceptors (Lipinski definition) is 4. The molecule has 0 radical (unpaired) electrons. The van der Waals surface area contributed by atoms with E-state index < -0.39 is 0 Å². The second-order valence-corrected chi connectivity index (χ2v) is 7.50. The molecule has 1 aromatic rings. The molecule has 1 aliphatic rings.